The summed E-state index contributed by atoms with van der Waals surface area (Å²) in [6, 6.07) is 7.31. The van der Waals surface area contributed by atoms with Gasteiger partial charge in [0.2, 0.25) is 11.8 Å². The normalized spacial score (nSPS) is 23.7. The van der Waals surface area contributed by atoms with Gasteiger partial charge in [-0.2, -0.15) is 0 Å². The number of hydrogen-bond donors (Lipinski definition) is 0. The van der Waals surface area contributed by atoms with Crippen molar-refractivity contribution in [3.8, 4) is 0 Å². The van der Waals surface area contributed by atoms with Crippen LogP contribution in [0.25, 0.3) is 0 Å². The first-order chi connectivity index (χ1) is 11.1. The molecule has 0 aliphatic carbocycles. The van der Waals surface area contributed by atoms with Crippen molar-refractivity contribution in [3.05, 3.63) is 35.4 Å². The molecule has 0 aromatic heterocycles. The lowest BCUT2D eigenvalue weighted by atomic mass is 9.99. The molecule has 0 N–H and O–H groups in total. The van der Waals surface area contributed by atoms with Gasteiger partial charge in [-0.15, -0.1) is 0 Å². The number of methoxy groups -OCH3 is 1. The summed E-state index contributed by atoms with van der Waals surface area (Å²) in [6.07, 6.45) is -0.284. The first kappa shape index (κ1) is 15.9. The minimum absolute atomic E-state index is 0.0248. The Morgan fingerprint density at radius 2 is 2.04 bits per heavy atom. The average Bonchev–Trinajstić information content (AvgIpc) is 2.96. The summed E-state index contributed by atoms with van der Waals surface area (Å²) in [4.78, 5) is 27.9. The number of carbonyl (C=O) groups is 2. The third-order valence-corrected chi connectivity index (χ3v) is 4.57. The molecule has 6 heteroatoms. The lowest BCUT2D eigenvalue weighted by molar-refractivity contribution is -0.146. The quantitative estimate of drug-likeness (QED) is 0.840. The van der Waals surface area contributed by atoms with E-state index in [1.807, 2.05) is 18.2 Å². The molecule has 0 saturated carbocycles. The third kappa shape index (κ3) is 3.22. The zero-order valence-electron chi connectivity index (χ0n) is 13.2. The van der Waals surface area contributed by atoms with E-state index in [0.717, 1.165) is 12.0 Å². The number of rotatable bonds is 3. The molecule has 2 heterocycles. The van der Waals surface area contributed by atoms with Crippen LogP contribution in [-0.2, 0) is 27.3 Å². The molecule has 2 aliphatic rings. The fourth-order valence-electron chi connectivity index (χ4n) is 3.40. The molecule has 0 bridgehead atoms. The Morgan fingerprint density at radius 3 is 2.78 bits per heavy atom. The number of amides is 2. The van der Waals surface area contributed by atoms with Crippen LogP contribution in [0.3, 0.4) is 0 Å². The highest BCUT2D eigenvalue weighted by atomic mass is 19.1. The van der Waals surface area contributed by atoms with Crippen LogP contribution in [0.4, 0.5) is 4.39 Å². The molecule has 124 valence electrons. The molecule has 2 amide bonds. The van der Waals surface area contributed by atoms with Gasteiger partial charge in [-0.25, -0.2) is 4.39 Å². The Kier molecular flexibility index (Phi) is 4.61. The van der Waals surface area contributed by atoms with E-state index in [4.69, 9.17) is 4.74 Å². The van der Waals surface area contributed by atoms with Gasteiger partial charge in [0.25, 0.3) is 0 Å². The lowest BCUT2D eigenvalue weighted by Crippen LogP contribution is -2.49. The molecular formula is C17H21FN2O3. The van der Waals surface area contributed by atoms with Crippen molar-refractivity contribution >= 4 is 11.8 Å². The van der Waals surface area contributed by atoms with Gasteiger partial charge in [-0.1, -0.05) is 24.3 Å². The number of likely N-dealkylation sites (tertiary alicyclic amines) is 1. The Hall–Kier alpha value is -1.95. The largest absolute Gasteiger partial charge is 0.375 e. The van der Waals surface area contributed by atoms with Crippen LogP contribution < -0.4 is 0 Å². The van der Waals surface area contributed by atoms with Crippen LogP contribution in [0, 0.1) is 0 Å². The maximum atomic E-state index is 13.8. The first-order valence-electron chi connectivity index (χ1n) is 7.88. The number of fused-ring (bicyclic) bond motifs is 1. The Balaban J connectivity index is 1.73. The third-order valence-electron chi connectivity index (χ3n) is 4.57. The Labute approximate surface area is 135 Å². The fourth-order valence-corrected chi connectivity index (χ4v) is 3.40. The summed E-state index contributed by atoms with van der Waals surface area (Å²) in [5.74, 6) is -0.493. The Bertz CT molecular complexity index is 607. The second-order valence-corrected chi connectivity index (χ2v) is 6.11. The van der Waals surface area contributed by atoms with Gasteiger partial charge < -0.3 is 14.5 Å². The average molecular weight is 320 g/mol. The monoisotopic (exact) mass is 320 g/mol. The number of halogens is 1. The van der Waals surface area contributed by atoms with Gasteiger partial charge in [0.1, 0.15) is 18.8 Å². The molecule has 23 heavy (non-hydrogen) atoms. The summed E-state index contributed by atoms with van der Waals surface area (Å²) < 4.78 is 18.6. The van der Waals surface area contributed by atoms with Crippen LogP contribution in [-0.4, -0.2) is 60.6 Å². The van der Waals surface area contributed by atoms with E-state index < -0.39 is 12.2 Å². The predicted octanol–water partition coefficient (Wildman–Crippen LogP) is 1.16. The maximum absolute atomic E-state index is 13.8. The second kappa shape index (κ2) is 6.66. The van der Waals surface area contributed by atoms with Gasteiger partial charge in [-0.05, 0) is 17.5 Å². The topological polar surface area (TPSA) is 49.9 Å². The smallest absolute Gasteiger partial charge is 0.249 e. The maximum Gasteiger partial charge on any atom is 0.249 e. The molecule has 2 atom stereocenters. The summed E-state index contributed by atoms with van der Waals surface area (Å²) in [6.45, 7) is 0.979. The number of alkyl halides is 1. The van der Waals surface area contributed by atoms with Crippen LogP contribution in [0.2, 0.25) is 0 Å². The van der Waals surface area contributed by atoms with Crippen molar-refractivity contribution in [2.45, 2.75) is 31.6 Å². The minimum atomic E-state index is -1.15. The van der Waals surface area contributed by atoms with Crippen LogP contribution >= 0.6 is 0 Å². The van der Waals surface area contributed by atoms with Crippen molar-refractivity contribution in [2.24, 2.45) is 0 Å². The highest BCUT2D eigenvalue weighted by Crippen LogP contribution is 2.25. The van der Waals surface area contributed by atoms with Crippen molar-refractivity contribution in [1.82, 2.24) is 9.80 Å². The minimum Gasteiger partial charge on any atom is -0.375 e. The number of hydrogen-bond acceptors (Lipinski definition) is 3. The number of benzene rings is 1. The van der Waals surface area contributed by atoms with Crippen molar-refractivity contribution in [2.75, 3.05) is 26.8 Å². The zero-order chi connectivity index (χ0) is 16.4. The molecule has 1 saturated heterocycles. The summed E-state index contributed by atoms with van der Waals surface area (Å²) in [5.41, 5.74) is 2.37. The number of carbonyl (C=O) groups excluding carboxylic acids is 2. The molecule has 1 aromatic carbocycles. The standard InChI is InChI=1S/C17H21FN2O3/c1-23-11-16(21)20-10-14(18)8-15(20)17(22)19-7-6-12-4-2-3-5-13(12)9-19/h2-5,14-15H,6-11H2,1H3/t14-,15-/m0/s1. The van der Waals surface area contributed by atoms with Crippen LogP contribution in [0.5, 0.6) is 0 Å². The fraction of sp³-hybridized carbons (Fsp3) is 0.529. The molecule has 5 nitrogen and oxygen atoms in total. The van der Waals surface area contributed by atoms with Gasteiger partial charge in [0, 0.05) is 26.6 Å². The second-order valence-electron chi connectivity index (χ2n) is 6.11. The molecule has 0 radical (unpaired) electrons. The Morgan fingerprint density at radius 1 is 1.30 bits per heavy atom. The van der Waals surface area contributed by atoms with Gasteiger partial charge >= 0.3 is 0 Å². The number of ether oxygens (including phenoxy) is 1. The van der Waals surface area contributed by atoms with E-state index in [1.165, 1.54) is 17.6 Å². The summed E-state index contributed by atoms with van der Waals surface area (Å²) in [7, 11) is 1.42. The van der Waals surface area contributed by atoms with Crippen LogP contribution in [0.1, 0.15) is 17.5 Å². The predicted molar refractivity (Wildman–Crippen MR) is 82.5 cm³/mol. The first-order valence-corrected chi connectivity index (χ1v) is 7.88. The van der Waals surface area contributed by atoms with Crippen molar-refractivity contribution in [3.63, 3.8) is 0 Å². The highest BCUT2D eigenvalue weighted by Gasteiger charge is 2.41. The van der Waals surface area contributed by atoms with E-state index in [2.05, 4.69) is 6.07 Å². The van der Waals surface area contributed by atoms with Gasteiger partial charge in [0.05, 0.1) is 6.54 Å². The lowest BCUT2D eigenvalue weighted by Gasteiger charge is -2.33. The molecule has 1 fully saturated rings. The zero-order valence-corrected chi connectivity index (χ0v) is 13.2. The van der Waals surface area contributed by atoms with E-state index in [0.29, 0.717) is 13.1 Å². The van der Waals surface area contributed by atoms with Crippen molar-refractivity contribution in [1.29, 1.82) is 0 Å². The summed E-state index contributed by atoms with van der Waals surface area (Å²) >= 11 is 0. The molecule has 3 rings (SSSR count). The van der Waals surface area contributed by atoms with E-state index in [1.54, 1.807) is 4.90 Å². The molecule has 0 unspecified atom stereocenters. The molecule has 2 aliphatic heterocycles. The number of nitrogens with zero attached hydrogens (tertiary/aromatic N) is 2. The molecule has 0 spiro atoms. The molecular weight excluding hydrogens is 299 g/mol. The SMILES string of the molecule is COCC(=O)N1C[C@@H](F)C[C@H]1C(=O)N1CCc2ccccc2C1. The van der Waals surface area contributed by atoms with Crippen LogP contribution in [0.15, 0.2) is 24.3 Å². The van der Waals surface area contributed by atoms with E-state index in [9.17, 15) is 14.0 Å². The van der Waals surface area contributed by atoms with E-state index >= 15 is 0 Å². The van der Waals surface area contributed by atoms with E-state index in [-0.39, 0.29) is 31.4 Å². The van der Waals surface area contributed by atoms with Gasteiger partial charge in [0.15, 0.2) is 0 Å². The van der Waals surface area contributed by atoms with Crippen molar-refractivity contribution < 1.29 is 18.7 Å². The summed E-state index contributed by atoms with van der Waals surface area (Å²) in [5, 5.41) is 0. The molecule has 1 aromatic rings. The highest BCUT2D eigenvalue weighted by molar-refractivity contribution is 5.89. The van der Waals surface area contributed by atoms with Gasteiger partial charge in [-0.3, -0.25) is 9.59 Å².